The number of carbonyl (C=O) groups excluding carboxylic acids is 1. The number of halogens is 1. The van der Waals surface area contributed by atoms with Gasteiger partial charge in [-0.3, -0.25) is 4.79 Å². The van der Waals surface area contributed by atoms with Gasteiger partial charge in [0.05, 0.1) is 16.1 Å². The zero-order valence-electron chi connectivity index (χ0n) is 14.1. The number of amides is 1. The summed E-state index contributed by atoms with van der Waals surface area (Å²) < 4.78 is 14.0. The Morgan fingerprint density at radius 1 is 1.50 bits per heavy atom. The fourth-order valence-corrected chi connectivity index (χ4v) is 3.87. The van der Waals surface area contributed by atoms with Gasteiger partial charge in [0.15, 0.2) is 5.13 Å². The van der Waals surface area contributed by atoms with Crippen LogP contribution in [0.25, 0.3) is 10.2 Å². The Hall–Kier alpha value is -1.57. The summed E-state index contributed by atoms with van der Waals surface area (Å²) in [6.45, 7) is 3.83. The van der Waals surface area contributed by atoms with E-state index in [1.807, 2.05) is 0 Å². The number of fused-ring (bicyclic) bond motifs is 1. The van der Waals surface area contributed by atoms with Crippen molar-refractivity contribution in [2.24, 2.45) is 5.92 Å². The van der Waals surface area contributed by atoms with E-state index in [0.29, 0.717) is 10.6 Å². The number of piperidine rings is 1. The molecule has 0 saturated carbocycles. The minimum absolute atomic E-state index is 0.00957. The topological polar surface area (TPSA) is 48.5 Å². The molecule has 7 heteroatoms. The van der Waals surface area contributed by atoms with Crippen molar-refractivity contribution in [2.45, 2.75) is 12.8 Å². The van der Waals surface area contributed by atoms with Crippen LogP contribution in [0.15, 0.2) is 18.2 Å². The molecule has 1 aromatic heterocycles. The van der Waals surface area contributed by atoms with Gasteiger partial charge in [-0.25, -0.2) is 9.37 Å². The van der Waals surface area contributed by atoms with Gasteiger partial charge in [0.25, 0.3) is 0 Å². The van der Waals surface area contributed by atoms with Crippen molar-refractivity contribution >= 4 is 32.6 Å². The van der Waals surface area contributed by atoms with Crippen LogP contribution in [0.3, 0.4) is 0 Å². The number of likely N-dealkylation sites (N-methyl/N-ethyl adjacent to an activating group) is 1. The van der Waals surface area contributed by atoms with Crippen molar-refractivity contribution in [1.29, 1.82) is 0 Å². The predicted octanol–water partition coefficient (Wildman–Crippen LogP) is 2.65. The Labute approximate surface area is 145 Å². The molecule has 0 bridgehead atoms. The van der Waals surface area contributed by atoms with E-state index in [-0.39, 0.29) is 17.6 Å². The normalized spacial score (nSPS) is 19.1. The first kappa shape index (κ1) is 17.3. The van der Waals surface area contributed by atoms with Crippen LogP contribution in [0, 0.1) is 11.7 Å². The van der Waals surface area contributed by atoms with Gasteiger partial charge in [0.1, 0.15) is 5.82 Å². The van der Waals surface area contributed by atoms with Gasteiger partial charge in [0.2, 0.25) is 5.91 Å². The Morgan fingerprint density at radius 3 is 3.12 bits per heavy atom. The monoisotopic (exact) mass is 350 g/mol. The van der Waals surface area contributed by atoms with Gasteiger partial charge in [-0.2, -0.15) is 0 Å². The minimum atomic E-state index is -0.284. The Balaban J connectivity index is 1.60. The van der Waals surface area contributed by atoms with Crippen LogP contribution >= 0.6 is 11.3 Å². The number of thiazole rings is 1. The Kier molecular flexibility index (Phi) is 5.43. The lowest BCUT2D eigenvalue weighted by molar-refractivity contribution is -0.121. The number of nitrogens with one attached hydrogen (secondary N) is 1. The number of carbonyl (C=O) groups is 1. The van der Waals surface area contributed by atoms with Crippen molar-refractivity contribution < 1.29 is 9.18 Å². The molecular formula is C17H23FN4OS. The predicted molar refractivity (Wildman–Crippen MR) is 95.9 cm³/mol. The number of anilines is 1. The van der Waals surface area contributed by atoms with Gasteiger partial charge in [0, 0.05) is 19.6 Å². The first-order valence-corrected chi connectivity index (χ1v) is 9.07. The molecule has 3 rings (SSSR count). The van der Waals surface area contributed by atoms with E-state index in [1.54, 1.807) is 6.07 Å². The lowest BCUT2D eigenvalue weighted by Crippen LogP contribution is -2.43. The van der Waals surface area contributed by atoms with Gasteiger partial charge in [-0.05, 0) is 51.7 Å². The summed E-state index contributed by atoms with van der Waals surface area (Å²) in [6, 6.07) is 4.48. The number of nitrogens with zero attached hydrogens (tertiary/aromatic N) is 3. The van der Waals surface area contributed by atoms with E-state index in [1.165, 1.54) is 23.5 Å². The number of hydrogen-bond acceptors (Lipinski definition) is 5. The molecular weight excluding hydrogens is 327 g/mol. The molecule has 2 aromatic rings. The first-order valence-electron chi connectivity index (χ1n) is 8.25. The molecule has 1 aliphatic heterocycles. The molecule has 24 heavy (non-hydrogen) atoms. The fourth-order valence-electron chi connectivity index (χ4n) is 2.97. The molecule has 1 unspecified atom stereocenters. The smallest absolute Gasteiger partial charge is 0.230 e. The lowest BCUT2D eigenvalue weighted by atomic mass is 9.97. The number of hydrogen-bond donors (Lipinski definition) is 1. The molecule has 1 aliphatic rings. The van der Waals surface area contributed by atoms with Gasteiger partial charge in [-0.15, -0.1) is 0 Å². The zero-order chi connectivity index (χ0) is 17.1. The summed E-state index contributed by atoms with van der Waals surface area (Å²) in [5.41, 5.74) is 0.716. The molecule has 1 atom stereocenters. The maximum absolute atomic E-state index is 13.3. The van der Waals surface area contributed by atoms with Crippen molar-refractivity contribution in [3.8, 4) is 0 Å². The lowest BCUT2D eigenvalue weighted by Gasteiger charge is -2.32. The number of aromatic nitrogens is 1. The van der Waals surface area contributed by atoms with Crippen LogP contribution in [-0.4, -0.2) is 61.0 Å². The van der Waals surface area contributed by atoms with E-state index in [4.69, 9.17) is 0 Å². The highest BCUT2D eigenvalue weighted by Gasteiger charge is 2.26. The van der Waals surface area contributed by atoms with Crippen LogP contribution in [0.4, 0.5) is 9.52 Å². The number of likely N-dealkylation sites (tertiary alicyclic amines) is 1. The average Bonchev–Trinajstić information content (AvgIpc) is 2.94. The quantitative estimate of drug-likeness (QED) is 0.901. The average molecular weight is 350 g/mol. The maximum Gasteiger partial charge on any atom is 0.230 e. The molecule has 1 aromatic carbocycles. The van der Waals surface area contributed by atoms with Crippen molar-refractivity contribution in [3.05, 3.63) is 24.0 Å². The zero-order valence-corrected chi connectivity index (χ0v) is 14.9. The van der Waals surface area contributed by atoms with E-state index < -0.39 is 0 Å². The highest BCUT2D eigenvalue weighted by Crippen LogP contribution is 2.27. The minimum Gasteiger partial charge on any atom is -0.308 e. The third-order valence-corrected chi connectivity index (χ3v) is 5.25. The van der Waals surface area contributed by atoms with Crippen molar-refractivity contribution in [3.63, 3.8) is 0 Å². The molecule has 0 spiro atoms. The number of benzene rings is 1. The Morgan fingerprint density at radius 2 is 2.33 bits per heavy atom. The maximum atomic E-state index is 13.3. The second kappa shape index (κ2) is 7.55. The van der Waals surface area contributed by atoms with Crippen LogP contribution in [0.2, 0.25) is 0 Å². The van der Waals surface area contributed by atoms with Gasteiger partial charge in [-0.1, -0.05) is 11.3 Å². The summed E-state index contributed by atoms with van der Waals surface area (Å²) in [4.78, 5) is 21.4. The van der Waals surface area contributed by atoms with Crippen LogP contribution in [0.5, 0.6) is 0 Å². The van der Waals surface area contributed by atoms with E-state index in [9.17, 15) is 9.18 Å². The van der Waals surface area contributed by atoms with E-state index in [0.717, 1.165) is 43.7 Å². The molecule has 1 saturated heterocycles. The summed E-state index contributed by atoms with van der Waals surface area (Å²) in [7, 11) is 4.12. The second-order valence-electron chi connectivity index (χ2n) is 6.56. The molecule has 1 fully saturated rings. The largest absolute Gasteiger partial charge is 0.308 e. The summed E-state index contributed by atoms with van der Waals surface area (Å²) in [5.74, 6) is -0.276. The molecule has 130 valence electrons. The van der Waals surface area contributed by atoms with Gasteiger partial charge >= 0.3 is 0 Å². The summed E-state index contributed by atoms with van der Waals surface area (Å²) in [5, 5.41) is 3.46. The highest BCUT2D eigenvalue weighted by atomic mass is 32.1. The van der Waals surface area contributed by atoms with Gasteiger partial charge < -0.3 is 15.1 Å². The van der Waals surface area contributed by atoms with Crippen molar-refractivity contribution in [2.75, 3.05) is 45.6 Å². The molecule has 1 N–H and O–H groups in total. The SMILES string of the molecule is CN(C)CCN1CCCC(C(=O)Nc2nc3ccc(F)cc3s2)C1. The molecule has 0 radical (unpaired) electrons. The molecule has 1 amide bonds. The Bertz CT molecular complexity index is 718. The van der Waals surface area contributed by atoms with E-state index in [2.05, 4.69) is 34.2 Å². The number of rotatable bonds is 5. The molecule has 2 heterocycles. The molecule has 0 aliphatic carbocycles. The summed E-state index contributed by atoms with van der Waals surface area (Å²) >= 11 is 1.32. The van der Waals surface area contributed by atoms with Crippen LogP contribution in [-0.2, 0) is 4.79 Å². The first-order chi connectivity index (χ1) is 11.5. The second-order valence-corrected chi connectivity index (χ2v) is 7.59. The van der Waals surface area contributed by atoms with Crippen LogP contribution < -0.4 is 5.32 Å². The highest BCUT2D eigenvalue weighted by molar-refractivity contribution is 7.22. The molecule has 5 nitrogen and oxygen atoms in total. The third kappa shape index (κ3) is 4.28. The standard InChI is InChI=1S/C17H23FN4OS/c1-21(2)8-9-22-7-3-4-12(11-22)16(23)20-17-19-14-6-5-13(18)10-15(14)24-17/h5-6,10,12H,3-4,7-9,11H2,1-2H3,(H,19,20,23). The van der Waals surface area contributed by atoms with E-state index >= 15 is 0 Å². The third-order valence-electron chi connectivity index (χ3n) is 4.32. The van der Waals surface area contributed by atoms with Crippen molar-refractivity contribution in [1.82, 2.24) is 14.8 Å². The van der Waals surface area contributed by atoms with Crippen LogP contribution in [0.1, 0.15) is 12.8 Å². The summed E-state index contributed by atoms with van der Waals surface area (Å²) in [6.07, 6.45) is 1.94. The fraction of sp³-hybridized carbons (Fsp3) is 0.529.